The first-order chi connectivity index (χ1) is 18.8. The van der Waals surface area contributed by atoms with Crippen molar-refractivity contribution in [2.75, 3.05) is 30.5 Å². The number of benzene rings is 2. The Morgan fingerprint density at radius 1 is 1.00 bits per heavy atom. The van der Waals surface area contributed by atoms with Gasteiger partial charge < -0.3 is 19.9 Å². The Bertz CT molecular complexity index is 1250. The summed E-state index contributed by atoms with van der Waals surface area (Å²) in [5.74, 6) is 0.0854. The quantitative estimate of drug-likeness (QED) is 0.217. The fourth-order valence-electron chi connectivity index (χ4n) is 4.68. The predicted molar refractivity (Wildman–Crippen MR) is 160 cm³/mol. The number of carbonyl (C=O) groups is 2. The van der Waals surface area contributed by atoms with Gasteiger partial charge in [-0.25, -0.2) is 13.2 Å². The van der Waals surface area contributed by atoms with Crippen molar-refractivity contribution in [2.24, 2.45) is 0 Å². The van der Waals surface area contributed by atoms with Gasteiger partial charge >= 0.3 is 5.97 Å². The van der Waals surface area contributed by atoms with Crippen LogP contribution in [-0.4, -0.2) is 50.6 Å². The van der Waals surface area contributed by atoms with Gasteiger partial charge in [-0.15, -0.1) is 0 Å². The van der Waals surface area contributed by atoms with E-state index >= 15 is 0 Å². The molecule has 40 heavy (non-hydrogen) atoms. The molecule has 0 aromatic heterocycles. The monoisotopic (exact) mass is 575 g/mol. The highest BCUT2D eigenvalue weighted by molar-refractivity contribution is 7.91. The Labute approximate surface area is 239 Å². The third kappa shape index (κ3) is 10.2. The topological polar surface area (TPSA) is 119 Å². The molecule has 9 heteroatoms. The van der Waals surface area contributed by atoms with E-state index in [2.05, 4.69) is 12.2 Å². The Balaban J connectivity index is 2.21. The molecule has 2 rings (SSSR count). The molecule has 1 atom stereocenters. The lowest BCUT2D eigenvalue weighted by Gasteiger charge is -2.25. The lowest BCUT2D eigenvalue weighted by molar-refractivity contribution is -0.116. The van der Waals surface area contributed by atoms with Crippen LogP contribution in [0.15, 0.2) is 36.4 Å². The number of nitrogens with one attached hydrogen (secondary N) is 1. The molecule has 1 amide bonds. The van der Waals surface area contributed by atoms with Gasteiger partial charge in [0.2, 0.25) is 5.91 Å². The van der Waals surface area contributed by atoms with Gasteiger partial charge in [-0.2, -0.15) is 0 Å². The number of hydrogen-bond acceptors (Lipinski definition) is 6. The number of carbonyl (C=O) groups excluding carboxylic acids is 1. The van der Waals surface area contributed by atoms with Crippen LogP contribution >= 0.6 is 0 Å². The fraction of sp³-hybridized carbons (Fsp3) is 0.548. The van der Waals surface area contributed by atoms with Crippen LogP contribution in [0.5, 0.6) is 11.5 Å². The van der Waals surface area contributed by atoms with Crippen LogP contribution in [0.2, 0.25) is 0 Å². The molecule has 0 aliphatic rings. The maximum atomic E-state index is 13.3. The van der Waals surface area contributed by atoms with Crippen molar-refractivity contribution < 1.29 is 32.6 Å². The number of aromatic carboxylic acids is 1. The summed E-state index contributed by atoms with van der Waals surface area (Å²) in [7, 11) is -1.48. The summed E-state index contributed by atoms with van der Waals surface area (Å²) in [6.07, 6.45) is 3.88. The third-order valence-corrected chi connectivity index (χ3v) is 8.66. The molecular formula is C31H45NO7S. The molecule has 222 valence electrons. The average Bonchev–Trinajstić information content (AvgIpc) is 2.88. The number of sulfone groups is 1. The largest absolute Gasteiger partial charge is 0.496 e. The van der Waals surface area contributed by atoms with Crippen LogP contribution in [0, 0.1) is 0 Å². The number of hydrogen-bond donors (Lipinski definition) is 2. The Kier molecular flexibility index (Phi) is 12.5. The highest BCUT2D eigenvalue weighted by Gasteiger charge is 2.24. The van der Waals surface area contributed by atoms with Gasteiger partial charge in [0.05, 0.1) is 25.0 Å². The predicted octanol–water partition coefficient (Wildman–Crippen LogP) is 6.59. The maximum absolute atomic E-state index is 13.3. The number of amides is 1. The zero-order valence-electron chi connectivity index (χ0n) is 24.7. The zero-order valence-corrected chi connectivity index (χ0v) is 25.5. The minimum absolute atomic E-state index is 0.0938. The van der Waals surface area contributed by atoms with E-state index in [0.717, 1.165) is 30.4 Å². The van der Waals surface area contributed by atoms with E-state index in [1.807, 2.05) is 39.8 Å². The lowest BCUT2D eigenvalue weighted by Crippen LogP contribution is -2.21. The van der Waals surface area contributed by atoms with Gasteiger partial charge in [0.1, 0.15) is 21.3 Å². The van der Waals surface area contributed by atoms with E-state index in [4.69, 9.17) is 9.47 Å². The maximum Gasteiger partial charge on any atom is 0.335 e. The molecule has 2 aromatic rings. The molecule has 0 heterocycles. The standard InChI is InChI=1S/C31H45NO7S/c1-7-9-11-22(20-29(33)32-27-19-23(30(34)35)12-15-26(27)31(3,4)5)25-14-13-24(21-28(25)38-6)39-16-10-18-40(36,37)17-8-2/h12-15,19,21-22H,7-11,16-18,20H2,1-6H3,(H,32,33)(H,34,35). The van der Waals surface area contributed by atoms with E-state index in [-0.39, 0.29) is 47.3 Å². The molecule has 1 unspecified atom stereocenters. The Morgan fingerprint density at radius 2 is 1.73 bits per heavy atom. The molecular weight excluding hydrogens is 530 g/mol. The molecule has 2 N–H and O–H groups in total. The Morgan fingerprint density at radius 3 is 2.33 bits per heavy atom. The van der Waals surface area contributed by atoms with E-state index in [9.17, 15) is 23.1 Å². The van der Waals surface area contributed by atoms with Crippen LogP contribution in [0.1, 0.15) is 101 Å². The summed E-state index contributed by atoms with van der Waals surface area (Å²) < 4.78 is 35.3. The molecule has 8 nitrogen and oxygen atoms in total. The number of ether oxygens (including phenoxy) is 2. The Hall–Kier alpha value is -3.07. The first kappa shape index (κ1) is 33.1. The molecule has 2 aromatic carbocycles. The minimum atomic E-state index is -3.05. The second-order valence-corrected chi connectivity index (χ2v) is 13.5. The van der Waals surface area contributed by atoms with Gasteiger partial charge in [0.15, 0.2) is 0 Å². The highest BCUT2D eigenvalue weighted by atomic mass is 32.2. The number of carboxylic acids is 1. The van der Waals surface area contributed by atoms with Crippen molar-refractivity contribution in [2.45, 2.75) is 84.5 Å². The van der Waals surface area contributed by atoms with E-state index in [1.165, 1.54) is 6.07 Å². The molecule has 0 radical (unpaired) electrons. The molecule has 0 aliphatic carbocycles. The molecule has 0 saturated heterocycles. The number of anilines is 1. The smallest absolute Gasteiger partial charge is 0.335 e. The van der Waals surface area contributed by atoms with Crippen LogP contribution < -0.4 is 14.8 Å². The van der Waals surface area contributed by atoms with Gasteiger partial charge in [0, 0.05) is 23.9 Å². The van der Waals surface area contributed by atoms with Crippen molar-refractivity contribution in [1.29, 1.82) is 0 Å². The molecule has 0 spiro atoms. The summed E-state index contributed by atoms with van der Waals surface area (Å²) in [6, 6.07) is 10.3. The van der Waals surface area contributed by atoms with Gasteiger partial charge in [-0.1, -0.05) is 59.6 Å². The number of carboxylic acid groups (broad SMARTS) is 1. The number of unbranched alkanes of at least 4 members (excludes halogenated alkanes) is 1. The van der Waals surface area contributed by atoms with Crippen molar-refractivity contribution in [1.82, 2.24) is 0 Å². The second kappa shape index (κ2) is 15.1. The van der Waals surface area contributed by atoms with E-state index < -0.39 is 15.8 Å². The van der Waals surface area contributed by atoms with Crippen LogP contribution in [-0.2, 0) is 20.0 Å². The molecule has 0 bridgehead atoms. The fourth-order valence-corrected chi connectivity index (χ4v) is 6.06. The van der Waals surface area contributed by atoms with Crippen LogP contribution in [0.4, 0.5) is 5.69 Å². The zero-order chi connectivity index (χ0) is 29.9. The van der Waals surface area contributed by atoms with E-state index in [1.54, 1.807) is 25.3 Å². The minimum Gasteiger partial charge on any atom is -0.496 e. The van der Waals surface area contributed by atoms with Gasteiger partial charge in [0.25, 0.3) is 0 Å². The number of methoxy groups -OCH3 is 1. The third-order valence-electron chi connectivity index (χ3n) is 6.71. The lowest BCUT2D eigenvalue weighted by atomic mass is 9.85. The summed E-state index contributed by atoms with van der Waals surface area (Å²) in [6.45, 7) is 10.3. The average molecular weight is 576 g/mol. The van der Waals surface area contributed by atoms with Crippen LogP contribution in [0.3, 0.4) is 0 Å². The first-order valence-electron chi connectivity index (χ1n) is 14.0. The molecule has 0 aliphatic heterocycles. The summed E-state index contributed by atoms with van der Waals surface area (Å²) in [5, 5.41) is 12.4. The van der Waals surface area contributed by atoms with Crippen molar-refractivity contribution in [3.05, 3.63) is 53.1 Å². The molecule has 0 fully saturated rings. The summed E-state index contributed by atoms with van der Waals surface area (Å²) >= 11 is 0. The van der Waals surface area contributed by atoms with Crippen LogP contribution in [0.25, 0.3) is 0 Å². The summed E-state index contributed by atoms with van der Waals surface area (Å²) in [4.78, 5) is 24.9. The normalized spacial score (nSPS) is 12.6. The second-order valence-electron chi connectivity index (χ2n) is 11.2. The van der Waals surface area contributed by atoms with Crippen molar-refractivity contribution in [3.63, 3.8) is 0 Å². The van der Waals surface area contributed by atoms with Gasteiger partial charge in [-0.3, -0.25) is 4.79 Å². The molecule has 0 saturated carbocycles. The first-order valence-corrected chi connectivity index (χ1v) is 15.8. The SMILES string of the molecule is CCCCC(CC(=O)Nc1cc(C(=O)O)ccc1C(C)(C)C)c1ccc(OCCCS(=O)(=O)CCC)cc1OC. The van der Waals surface area contributed by atoms with E-state index in [0.29, 0.717) is 30.0 Å². The number of rotatable bonds is 16. The van der Waals surface area contributed by atoms with Crippen molar-refractivity contribution >= 4 is 27.4 Å². The highest BCUT2D eigenvalue weighted by Crippen LogP contribution is 2.36. The van der Waals surface area contributed by atoms with Crippen molar-refractivity contribution in [3.8, 4) is 11.5 Å². The van der Waals surface area contributed by atoms with Gasteiger partial charge in [-0.05, 0) is 59.9 Å². The summed E-state index contributed by atoms with van der Waals surface area (Å²) in [5.41, 5.74) is 2.08.